The molecule has 0 saturated carbocycles. The Hall–Kier alpha value is -1.08. The molecule has 0 amide bonds. The molecule has 2 rings (SSSR count). The van der Waals surface area contributed by atoms with E-state index in [1.54, 1.807) is 0 Å². The molecule has 0 atom stereocenters. The second-order valence-electron chi connectivity index (χ2n) is 4.26. The van der Waals surface area contributed by atoms with Crippen LogP contribution in [0.15, 0.2) is 24.3 Å². The lowest BCUT2D eigenvalue weighted by Gasteiger charge is -2.16. The Morgan fingerprint density at radius 2 is 2.00 bits per heavy atom. The Balaban J connectivity index is 2.31. The quantitative estimate of drug-likeness (QED) is 0.781. The molecule has 1 aliphatic carbocycles. The topological polar surface area (TPSA) is 20.2 Å². The van der Waals surface area contributed by atoms with Gasteiger partial charge in [-0.1, -0.05) is 24.3 Å². The van der Waals surface area contributed by atoms with Crippen LogP contribution >= 0.6 is 0 Å². The van der Waals surface area contributed by atoms with Gasteiger partial charge in [0.2, 0.25) is 0 Å². The van der Waals surface area contributed by atoms with Crippen molar-refractivity contribution in [3.63, 3.8) is 0 Å². The molecular weight excluding hydrogens is 184 g/mol. The van der Waals surface area contributed by atoms with Crippen molar-refractivity contribution in [2.75, 3.05) is 6.61 Å². The maximum atomic E-state index is 8.86. The lowest BCUT2D eigenvalue weighted by atomic mass is 9.89. The summed E-state index contributed by atoms with van der Waals surface area (Å²) in [4.78, 5) is 0. The first-order valence-electron chi connectivity index (χ1n) is 5.71. The summed E-state index contributed by atoms with van der Waals surface area (Å²) in [5.74, 6) is 0. The lowest BCUT2D eigenvalue weighted by molar-refractivity contribution is 0.343. The number of aliphatic hydroxyl groups excluding tert-OH is 1. The summed E-state index contributed by atoms with van der Waals surface area (Å²) in [6, 6.07) is 6.71. The van der Waals surface area contributed by atoms with Crippen molar-refractivity contribution in [2.24, 2.45) is 0 Å². The van der Waals surface area contributed by atoms with Crippen LogP contribution in [-0.4, -0.2) is 11.7 Å². The zero-order chi connectivity index (χ0) is 10.7. The Morgan fingerprint density at radius 3 is 2.73 bits per heavy atom. The van der Waals surface area contributed by atoms with E-state index in [4.69, 9.17) is 5.11 Å². The Kier molecular flexibility index (Phi) is 3.22. The van der Waals surface area contributed by atoms with E-state index in [-0.39, 0.29) is 6.61 Å². The van der Waals surface area contributed by atoms with Gasteiger partial charge in [0.05, 0.1) is 6.61 Å². The van der Waals surface area contributed by atoms with E-state index in [9.17, 15) is 0 Å². The van der Waals surface area contributed by atoms with Crippen molar-refractivity contribution in [3.05, 3.63) is 41.0 Å². The first kappa shape index (κ1) is 10.4. The number of aliphatic hydroxyl groups is 1. The predicted octanol–water partition coefficient (Wildman–Crippen LogP) is 2.96. The molecule has 0 fully saturated rings. The van der Waals surface area contributed by atoms with Gasteiger partial charge in [0.15, 0.2) is 0 Å². The van der Waals surface area contributed by atoms with Crippen molar-refractivity contribution >= 4 is 5.57 Å². The van der Waals surface area contributed by atoms with Gasteiger partial charge in [0.1, 0.15) is 0 Å². The van der Waals surface area contributed by atoms with Crippen LogP contribution in [0.1, 0.15) is 36.5 Å². The van der Waals surface area contributed by atoms with Crippen molar-refractivity contribution in [2.45, 2.75) is 32.6 Å². The third-order valence-electron chi connectivity index (χ3n) is 3.20. The van der Waals surface area contributed by atoms with Crippen LogP contribution in [0.25, 0.3) is 5.57 Å². The van der Waals surface area contributed by atoms with E-state index in [1.807, 2.05) is 6.08 Å². The van der Waals surface area contributed by atoms with E-state index in [0.717, 1.165) is 0 Å². The van der Waals surface area contributed by atoms with E-state index < -0.39 is 0 Å². The van der Waals surface area contributed by atoms with Gasteiger partial charge in [0.25, 0.3) is 0 Å². The summed E-state index contributed by atoms with van der Waals surface area (Å²) in [6.45, 7) is 2.18. The van der Waals surface area contributed by atoms with Crippen LogP contribution in [0.3, 0.4) is 0 Å². The fourth-order valence-corrected chi connectivity index (χ4v) is 2.23. The summed E-state index contributed by atoms with van der Waals surface area (Å²) < 4.78 is 0. The van der Waals surface area contributed by atoms with Crippen molar-refractivity contribution in [1.29, 1.82) is 0 Å². The van der Waals surface area contributed by atoms with Crippen LogP contribution in [0.2, 0.25) is 0 Å². The molecule has 1 aromatic carbocycles. The summed E-state index contributed by atoms with van der Waals surface area (Å²) in [5, 5.41) is 8.86. The highest BCUT2D eigenvalue weighted by atomic mass is 16.2. The van der Waals surface area contributed by atoms with Crippen molar-refractivity contribution < 1.29 is 5.11 Å². The van der Waals surface area contributed by atoms with Gasteiger partial charge >= 0.3 is 0 Å². The molecule has 0 heterocycles. The maximum absolute atomic E-state index is 8.86. The molecule has 0 aromatic heterocycles. The first-order valence-corrected chi connectivity index (χ1v) is 5.71. The molecule has 1 aliphatic rings. The van der Waals surface area contributed by atoms with Gasteiger partial charge in [-0.2, -0.15) is 0 Å². The number of fused-ring (bicyclic) bond motifs is 1. The summed E-state index contributed by atoms with van der Waals surface area (Å²) in [6.07, 6.45) is 6.97. The molecule has 1 aromatic rings. The van der Waals surface area contributed by atoms with E-state index in [0.29, 0.717) is 0 Å². The lowest BCUT2D eigenvalue weighted by Crippen LogP contribution is -2.02. The minimum atomic E-state index is 0.128. The normalized spacial score (nSPS) is 16.3. The van der Waals surface area contributed by atoms with Crippen molar-refractivity contribution in [3.8, 4) is 0 Å². The second-order valence-corrected chi connectivity index (χ2v) is 4.26. The first-order chi connectivity index (χ1) is 7.31. The van der Waals surface area contributed by atoms with Crippen LogP contribution < -0.4 is 0 Å². The average molecular weight is 202 g/mol. The van der Waals surface area contributed by atoms with Crippen LogP contribution in [0.4, 0.5) is 0 Å². The van der Waals surface area contributed by atoms with Gasteiger partial charge < -0.3 is 5.11 Å². The molecule has 0 spiro atoms. The maximum Gasteiger partial charge on any atom is 0.0618 e. The summed E-state index contributed by atoms with van der Waals surface area (Å²) >= 11 is 0. The monoisotopic (exact) mass is 202 g/mol. The number of rotatable bonds is 2. The van der Waals surface area contributed by atoms with E-state index >= 15 is 0 Å². The van der Waals surface area contributed by atoms with Crippen molar-refractivity contribution in [1.82, 2.24) is 0 Å². The molecule has 0 aliphatic heterocycles. The van der Waals surface area contributed by atoms with Crippen LogP contribution in [-0.2, 0) is 12.8 Å². The number of hydrogen-bond donors (Lipinski definition) is 1. The van der Waals surface area contributed by atoms with Crippen LogP contribution in [0.5, 0.6) is 0 Å². The van der Waals surface area contributed by atoms with Gasteiger partial charge in [-0.05, 0) is 54.9 Å². The summed E-state index contributed by atoms with van der Waals surface area (Å²) in [7, 11) is 0. The third kappa shape index (κ3) is 2.29. The number of benzene rings is 1. The minimum Gasteiger partial charge on any atom is -0.392 e. The highest BCUT2D eigenvalue weighted by Crippen LogP contribution is 2.24. The van der Waals surface area contributed by atoms with Gasteiger partial charge in [-0.25, -0.2) is 0 Å². The molecule has 0 unspecified atom stereocenters. The van der Waals surface area contributed by atoms with Crippen LogP contribution in [0, 0.1) is 0 Å². The smallest absolute Gasteiger partial charge is 0.0618 e. The highest BCUT2D eigenvalue weighted by molar-refractivity contribution is 5.65. The van der Waals surface area contributed by atoms with Gasteiger partial charge in [-0.15, -0.1) is 0 Å². The number of aryl methyl sites for hydroxylation is 2. The Labute approximate surface area is 91.4 Å². The molecule has 15 heavy (non-hydrogen) atoms. The standard InChI is InChI=1S/C14H18O/c1-11(8-9-15)13-7-6-12-4-2-3-5-14(12)10-13/h6-8,10,15H,2-5,9H2,1H3/b11-8+. The molecule has 1 heteroatoms. The second kappa shape index (κ2) is 4.63. The molecule has 80 valence electrons. The molecular formula is C14H18O. The number of hydrogen-bond acceptors (Lipinski definition) is 1. The molecule has 1 N–H and O–H groups in total. The molecule has 0 bridgehead atoms. The summed E-state index contributed by atoms with van der Waals surface area (Å²) in [5.41, 5.74) is 5.45. The van der Waals surface area contributed by atoms with E-state index in [2.05, 4.69) is 25.1 Å². The molecule has 0 radical (unpaired) electrons. The van der Waals surface area contributed by atoms with E-state index in [1.165, 1.54) is 47.9 Å². The zero-order valence-corrected chi connectivity index (χ0v) is 9.29. The largest absolute Gasteiger partial charge is 0.392 e. The number of allylic oxidation sites excluding steroid dienone is 1. The SMILES string of the molecule is C/C(=C\CO)c1ccc2c(c1)CCCC2. The Bertz CT molecular complexity index is 377. The average Bonchev–Trinajstić information content (AvgIpc) is 2.29. The van der Waals surface area contributed by atoms with Gasteiger partial charge in [-0.3, -0.25) is 0 Å². The highest BCUT2D eigenvalue weighted by Gasteiger charge is 2.09. The third-order valence-corrected chi connectivity index (χ3v) is 3.20. The molecule has 1 nitrogen and oxygen atoms in total. The predicted molar refractivity (Wildman–Crippen MR) is 63.8 cm³/mol. The fraction of sp³-hybridized carbons (Fsp3) is 0.429. The van der Waals surface area contributed by atoms with Gasteiger partial charge in [0, 0.05) is 0 Å². The Morgan fingerprint density at radius 1 is 1.27 bits per heavy atom. The minimum absolute atomic E-state index is 0.128. The zero-order valence-electron chi connectivity index (χ0n) is 9.29. The fourth-order valence-electron chi connectivity index (χ4n) is 2.23. The molecule has 0 saturated heterocycles.